The van der Waals surface area contributed by atoms with Crippen molar-refractivity contribution in [3.05, 3.63) is 0 Å². The van der Waals surface area contributed by atoms with Gasteiger partial charge in [-0.05, 0) is 38.5 Å². The second-order valence-electron chi connectivity index (χ2n) is 6.07. The minimum Gasteiger partial charge on any atom is -0.481 e. The van der Waals surface area contributed by atoms with Crippen molar-refractivity contribution in [2.45, 2.75) is 45.6 Å². The van der Waals surface area contributed by atoms with E-state index in [1.807, 2.05) is 9.80 Å². The minimum absolute atomic E-state index is 0.0999. The van der Waals surface area contributed by atoms with Crippen LogP contribution in [0.15, 0.2) is 0 Å². The summed E-state index contributed by atoms with van der Waals surface area (Å²) < 4.78 is 0. The number of carboxylic acids is 1. The van der Waals surface area contributed by atoms with E-state index in [0.29, 0.717) is 37.9 Å². The smallest absolute Gasteiger partial charge is 0.320 e. The van der Waals surface area contributed by atoms with Gasteiger partial charge in [0.25, 0.3) is 0 Å². The maximum Gasteiger partial charge on any atom is 0.320 e. The van der Waals surface area contributed by atoms with Crippen LogP contribution in [0.2, 0.25) is 0 Å². The van der Waals surface area contributed by atoms with Gasteiger partial charge in [0.2, 0.25) is 0 Å². The predicted molar refractivity (Wildman–Crippen MR) is 71.9 cm³/mol. The van der Waals surface area contributed by atoms with Crippen molar-refractivity contribution in [2.24, 2.45) is 11.8 Å². The van der Waals surface area contributed by atoms with Crippen molar-refractivity contribution in [1.29, 1.82) is 0 Å². The summed E-state index contributed by atoms with van der Waals surface area (Å²) in [7, 11) is 0. The third kappa shape index (κ3) is 3.19. The first kappa shape index (κ1) is 14.2. The fourth-order valence-corrected chi connectivity index (χ4v) is 3.05. The molecule has 0 saturated carbocycles. The van der Waals surface area contributed by atoms with Gasteiger partial charge >= 0.3 is 12.0 Å². The van der Waals surface area contributed by atoms with Gasteiger partial charge in [0, 0.05) is 25.7 Å². The predicted octanol–water partition coefficient (Wildman–Crippen LogP) is 2.02. The summed E-state index contributed by atoms with van der Waals surface area (Å²) in [6, 6.07) is 0.406. The Morgan fingerprint density at radius 1 is 1.05 bits per heavy atom. The molecule has 0 aromatic heterocycles. The lowest BCUT2D eigenvalue weighted by molar-refractivity contribution is -0.143. The highest BCUT2D eigenvalue weighted by molar-refractivity contribution is 5.76. The number of amides is 2. The Bertz CT molecular complexity index is 351. The molecule has 0 bridgehead atoms. The molecule has 19 heavy (non-hydrogen) atoms. The standard InChI is InChI=1S/C14H24N2O3/c1-10-3-4-11(2)16(9-10)14(19)15-7-5-12(6-8-15)13(17)18/h10-12H,3-9H2,1-2H3,(H,17,18). The number of likely N-dealkylation sites (tertiary alicyclic amines) is 2. The van der Waals surface area contributed by atoms with Crippen LogP contribution in [0.3, 0.4) is 0 Å². The first-order valence-corrected chi connectivity index (χ1v) is 7.27. The fourth-order valence-electron chi connectivity index (χ4n) is 3.05. The van der Waals surface area contributed by atoms with E-state index in [2.05, 4.69) is 13.8 Å². The van der Waals surface area contributed by atoms with Crippen molar-refractivity contribution in [1.82, 2.24) is 9.80 Å². The van der Waals surface area contributed by atoms with Crippen LogP contribution in [0.5, 0.6) is 0 Å². The lowest BCUT2D eigenvalue weighted by atomic mass is 9.94. The Morgan fingerprint density at radius 3 is 2.26 bits per heavy atom. The zero-order valence-corrected chi connectivity index (χ0v) is 11.8. The summed E-state index contributed by atoms with van der Waals surface area (Å²) in [4.78, 5) is 27.2. The average Bonchev–Trinajstić information content (AvgIpc) is 2.41. The zero-order chi connectivity index (χ0) is 14.0. The topological polar surface area (TPSA) is 60.9 Å². The summed E-state index contributed by atoms with van der Waals surface area (Å²) in [6.45, 7) is 6.27. The third-order valence-electron chi connectivity index (χ3n) is 4.48. The Morgan fingerprint density at radius 2 is 1.68 bits per heavy atom. The molecule has 2 aliphatic heterocycles. The fraction of sp³-hybridized carbons (Fsp3) is 0.857. The average molecular weight is 268 g/mol. The van der Waals surface area contributed by atoms with Gasteiger partial charge in [0.1, 0.15) is 0 Å². The molecule has 2 heterocycles. The molecule has 0 radical (unpaired) electrons. The second kappa shape index (κ2) is 5.80. The molecular formula is C14H24N2O3. The normalized spacial score (nSPS) is 29.4. The highest BCUT2D eigenvalue weighted by Gasteiger charge is 2.33. The van der Waals surface area contributed by atoms with Gasteiger partial charge in [0.15, 0.2) is 0 Å². The molecular weight excluding hydrogens is 244 g/mol. The van der Waals surface area contributed by atoms with E-state index in [1.165, 1.54) is 6.42 Å². The largest absolute Gasteiger partial charge is 0.481 e. The van der Waals surface area contributed by atoms with Crippen LogP contribution in [0, 0.1) is 11.8 Å². The Labute approximate surface area is 114 Å². The number of rotatable bonds is 1. The SMILES string of the molecule is CC1CCC(C)N(C(=O)N2CCC(C(=O)O)CC2)C1. The van der Waals surface area contributed by atoms with Crippen molar-refractivity contribution < 1.29 is 14.7 Å². The van der Waals surface area contributed by atoms with E-state index in [0.717, 1.165) is 13.0 Å². The van der Waals surface area contributed by atoms with E-state index in [1.54, 1.807) is 0 Å². The zero-order valence-electron chi connectivity index (χ0n) is 11.8. The monoisotopic (exact) mass is 268 g/mol. The molecule has 2 unspecified atom stereocenters. The van der Waals surface area contributed by atoms with Gasteiger partial charge in [-0.3, -0.25) is 4.79 Å². The maximum absolute atomic E-state index is 12.5. The second-order valence-corrected chi connectivity index (χ2v) is 6.07. The highest BCUT2D eigenvalue weighted by Crippen LogP contribution is 2.24. The molecule has 108 valence electrons. The van der Waals surface area contributed by atoms with Crippen LogP contribution in [-0.2, 0) is 4.79 Å². The van der Waals surface area contributed by atoms with Crippen LogP contribution in [0.25, 0.3) is 0 Å². The lowest BCUT2D eigenvalue weighted by Crippen LogP contribution is -2.53. The van der Waals surface area contributed by atoms with Gasteiger partial charge < -0.3 is 14.9 Å². The number of carboxylic acid groups (broad SMARTS) is 1. The number of carbonyl (C=O) groups excluding carboxylic acids is 1. The number of hydrogen-bond acceptors (Lipinski definition) is 2. The lowest BCUT2D eigenvalue weighted by Gasteiger charge is -2.41. The molecule has 2 atom stereocenters. The number of hydrogen-bond donors (Lipinski definition) is 1. The van der Waals surface area contributed by atoms with Crippen LogP contribution in [0.1, 0.15) is 39.5 Å². The minimum atomic E-state index is -0.730. The number of aliphatic carboxylic acids is 1. The van der Waals surface area contributed by atoms with Crippen molar-refractivity contribution >= 4 is 12.0 Å². The molecule has 5 heteroatoms. The summed E-state index contributed by atoms with van der Waals surface area (Å²) in [6.07, 6.45) is 3.42. The number of piperidine rings is 2. The molecule has 0 spiro atoms. The molecule has 0 aromatic rings. The number of carbonyl (C=O) groups is 2. The van der Waals surface area contributed by atoms with Gasteiger partial charge in [-0.15, -0.1) is 0 Å². The summed E-state index contributed by atoms with van der Waals surface area (Å²) in [5.41, 5.74) is 0. The first-order valence-electron chi connectivity index (χ1n) is 7.27. The molecule has 0 aliphatic carbocycles. The van der Waals surface area contributed by atoms with Gasteiger partial charge in [-0.25, -0.2) is 4.79 Å². The van der Waals surface area contributed by atoms with Gasteiger partial charge in [0.05, 0.1) is 5.92 Å². The molecule has 1 N–H and O–H groups in total. The Hall–Kier alpha value is -1.26. The Kier molecular flexibility index (Phi) is 4.32. The summed E-state index contributed by atoms with van der Waals surface area (Å²) in [5.74, 6) is -0.439. The molecule has 2 amide bonds. The van der Waals surface area contributed by atoms with Crippen LogP contribution in [0.4, 0.5) is 4.79 Å². The van der Waals surface area contributed by atoms with Crippen molar-refractivity contribution in [2.75, 3.05) is 19.6 Å². The van der Waals surface area contributed by atoms with Crippen molar-refractivity contribution in [3.8, 4) is 0 Å². The van der Waals surface area contributed by atoms with Gasteiger partial charge in [-0.1, -0.05) is 6.92 Å². The number of urea groups is 1. The quantitative estimate of drug-likeness (QED) is 0.791. The van der Waals surface area contributed by atoms with Crippen LogP contribution >= 0.6 is 0 Å². The van der Waals surface area contributed by atoms with Crippen LogP contribution < -0.4 is 0 Å². The van der Waals surface area contributed by atoms with E-state index in [4.69, 9.17) is 5.11 Å². The first-order chi connectivity index (χ1) is 8.99. The highest BCUT2D eigenvalue weighted by atomic mass is 16.4. The molecule has 5 nitrogen and oxygen atoms in total. The van der Waals surface area contributed by atoms with E-state index in [9.17, 15) is 9.59 Å². The molecule has 2 saturated heterocycles. The molecule has 2 aliphatic rings. The van der Waals surface area contributed by atoms with E-state index >= 15 is 0 Å². The van der Waals surface area contributed by atoms with E-state index < -0.39 is 5.97 Å². The third-order valence-corrected chi connectivity index (χ3v) is 4.48. The van der Waals surface area contributed by atoms with Gasteiger partial charge in [-0.2, -0.15) is 0 Å². The van der Waals surface area contributed by atoms with Crippen molar-refractivity contribution in [3.63, 3.8) is 0 Å². The van der Waals surface area contributed by atoms with Crippen LogP contribution in [-0.4, -0.2) is 52.6 Å². The maximum atomic E-state index is 12.5. The summed E-state index contributed by atoms with van der Waals surface area (Å²) in [5, 5.41) is 8.97. The van der Waals surface area contributed by atoms with E-state index in [-0.39, 0.29) is 11.9 Å². The molecule has 2 fully saturated rings. The number of nitrogens with zero attached hydrogens (tertiary/aromatic N) is 2. The molecule has 0 aromatic carbocycles. The summed E-state index contributed by atoms with van der Waals surface area (Å²) >= 11 is 0. The Balaban J connectivity index is 1.91. The molecule has 2 rings (SSSR count).